The standard InChI is InChI=1S/C20H24N6O3/c1-14-16(19(28)24-20(22-14)25-8-10-29-11-9-25)5-6-18(27)21-12-15-13-26-7-3-2-4-17(26)23-15/h2-4,7,13H,5-6,8-12H2,1H3,(H,21,27)(H,22,24,28). The van der Waals surface area contributed by atoms with Crippen LogP contribution in [0.1, 0.15) is 23.4 Å². The van der Waals surface area contributed by atoms with Crippen LogP contribution in [0.25, 0.3) is 5.65 Å². The molecule has 0 unspecified atom stereocenters. The maximum Gasteiger partial charge on any atom is 0.255 e. The van der Waals surface area contributed by atoms with E-state index >= 15 is 0 Å². The molecule has 1 aliphatic heterocycles. The molecule has 29 heavy (non-hydrogen) atoms. The number of fused-ring (bicyclic) bond motifs is 1. The topological polar surface area (TPSA) is 105 Å². The molecule has 9 heteroatoms. The van der Waals surface area contributed by atoms with Crippen LogP contribution in [0.2, 0.25) is 0 Å². The van der Waals surface area contributed by atoms with Crippen LogP contribution in [0, 0.1) is 6.92 Å². The Morgan fingerprint density at radius 2 is 2.10 bits per heavy atom. The van der Waals surface area contributed by atoms with E-state index in [0.717, 1.165) is 11.3 Å². The number of hydrogen-bond donors (Lipinski definition) is 2. The van der Waals surface area contributed by atoms with Crippen LogP contribution in [-0.4, -0.2) is 51.6 Å². The number of carbonyl (C=O) groups is 1. The van der Waals surface area contributed by atoms with Gasteiger partial charge >= 0.3 is 0 Å². The molecule has 0 bridgehead atoms. The van der Waals surface area contributed by atoms with E-state index in [4.69, 9.17) is 4.74 Å². The van der Waals surface area contributed by atoms with Gasteiger partial charge in [-0.25, -0.2) is 9.97 Å². The number of morpholine rings is 1. The molecule has 0 aromatic carbocycles. The van der Waals surface area contributed by atoms with Gasteiger partial charge in [0.05, 0.1) is 25.5 Å². The highest BCUT2D eigenvalue weighted by Gasteiger charge is 2.16. The Kier molecular flexibility index (Phi) is 5.57. The number of hydrogen-bond acceptors (Lipinski definition) is 6. The molecular formula is C20H24N6O3. The number of carbonyl (C=O) groups excluding carboxylic acids is 1. The molecule has 1 saturated heterocycles. The summed E-state index contributed by atoms with van der Waals surface area (Å²) in [4.78, 5) is 38.6. The van der Waals surface area contributed by atoms with Crippen molar-refractivity contribution < 1.29 is 9.53 Å². The summed E-state index contributed by atoms with van der Waals surface area (Å²) in [5.41, 5.74) is 2.64. The molecule has 0 saturated carbocycles. The Labute approximate surface area is 167 Å². The van der Waals surface area contributed by atoms with Crippen molar-refractivity contribution >= 4 is 17.5 Å². The second-order valence-electron chi connectivity index (χ2n) is 7.03. The molecule has 1 fully saturated rings. The van der Waals surface area contributed by atoms with E-state index in [9.17, 15) is 9.59 Å². The van der Waals surface area contributed by atoms with Crippen molar-refractivity contribution in [3.63, 3.8) is 0 Å². The Bertz CT molecular complexity index is 1030. The van der Waals surface area contributed by atoms with Crippen LogP contribution in [0.5, 0.6) is 0 Å². The van der Waals surface area contributed by atoms with Crippen LogP contribution < -0.4 is 15.8 Å². The van der Waals surface area contributed by atoms with E-state index in [-0.39, 0.29) is 17.9 Å². The van der Waals surface area contributed by atoms with E-state index < -0.39 is 0 Å². The summed E-state index contributed by atoms with van der Waals surface area (Å²) < 4.78 is 7.24. The quantitative estimate of drug-likeness (QED) is 0.639. The molecule has 3 aromatic heterocycles. The number of rotatable bonds is 6. The molecule has 3 aromatic rings. The van der Waals surface area contributed by atoms with Crippen molar-refractivity contribution in [2.45, 2.75) is 26.3 Å². The fourth-order valence-corrected chi connectivity index (χ4v) is 3.40. The number of imidazole rings is 1. The number of aromatic nitrogens is 4. The van der Waals surface area contributed by atoms with Crippen LogP contribution in [0.15, 0.2) is 35.4 Å². The fraction of sp³-hybridized carbons (Fsp3) is 0.400. The number of aryl methyl sites for hydroxylation is 1. The van der Waals surface area contributed by atoms with Crippen LogP contribution in [-0.2, 0) is 22.5 Å². The van der Waals surface area contributed by atoms with Crippen LogP contribution in [0.3, 0.4) is 0 Å². The van der Waals surface area contributed by atoms with Crippen molar-refractivity contribution in [2.75, 3.05) is 31.2 Å². The van der Waals surface area contributed by atoms with Gasteiger partial charge in [-0.2, -0.15) is 0 Å². The first-order valence-electron chi connectivity index (χ1n) is 9.72. The maximum atomic E-state index is 12.5. The number of ether oxygens (including phenoxy) is 1. The molecule has 9 nitrogen and oxygen atoms in total. The van der Waals surface area contributed by atoms with Crippen LogP contribution >= 0.6 is 0 Å². The fourth-order valence-electron chi connectivity index (χ4n) is 3.40. The highest BCUT2D eigenvalue weighted by Crippen LogP contribution is 2.11. The van der Waals surface area contributed by atoms with Gasteiger partial charge in [0.15, 0.2) is 0 Å². The number of anilines is 1. The van der Waals surface area contributed by atoms with Crippen molar-refractivity contribution in [2.24, 2.45) is 0 Å². The van der Waals surface area contributed by atoms with Gasteiger partial charge in [0.1, 0.15) is 5.65 Å². The lowest BCUT2D eigenvalue weighted by Crippen LogP contribution is -2.38. The molecule has 2 N–H and O–H groups in total. The molecular weight excluding hydrogens is 372 g/mol. The minimum atomic E-state index is -0.188. The summed E-state index contributed by atoms with van der Waals surface area (Å²) in [5, 5.41) is 2.86. The number of amides is 1. The highest BCUT2D eigenvalue weighted by molar-refractivity contribution is 5.76. The maximum absolute atomic E-state index is 12.5. The summed E-state index contributed by atoms with van der Waals surface area (Å²) in [6.07, 6.45) is 4.36. The Morgan fingerprint density at radius 1 is 1.28 bits per heavy atom. The van der Waals surface area contributed by atoms with Gasteiger partial charge in [0.25, 0.3) is 5.56 Å². The summed E-state index contributed by atoms with van der Waals surface area (Å²) in [6, 6.07) is 5.76. The van der Waals surface area contributed by atoms with Gasteiger partial charge in [-0.3, -0.25) is 14.6 Å². The van der Waals surface area contributed by atoms with Gasteiger partial charge in [-0.05, 0) is 25.5 Å². The predicted molar refractivity (Wildman–Crippen MR) is 108 cm³/mol. The zero-order chi connectivity index (χ0) is 20.2. The molecule has 4 heterocycles. The minimum absolute atomic E-state index is 0.127. The lowest BCUT2D eigenvalue weighted by molar-refractivity contribution is -0.121. The SMILES string of the molecule is Cc1nc(N2CCOCC2)[nH]c(=O)c1CCC(=O)NCc1cn2ccccc2n1. The van der Waals surface area contributed by atoms with Gasteiger partial charge in [-0.1, -0.05) is 6.07 Å². The smallest absolute Gasteiger partial charge is 0.255 e. The summed E-state index contributed by atoms with van der Waals surface area (Å²) >= 11 is 0. The zero-order valence-corrected chi connectivity index (χ0v) is 16.4. The Hall–Kier alpha value is -3.20. The molecule has 1 amide bonds. The van der Waals surface area contributed by atoms with Gasteiger partial charge < -0.3 is 19.4 Å². The first-order chi connectivity index (χ1) is 14.1. The van der Waals surface area contributed by atoms with E-state index in [2.05, 4.69) is 20.3 Å². The van der Waals surface area contributed by atoms with Crippen molar-refractivity contribution in [3.8, 4) is 0 Å². The number of nitrogens with one attached hydrogen (secondary N) is 2. The average Bonchev–Trinajstić information content (AvgIpc) is 3.15. The van der Waals surface area contributed by atoms with E-state index in [0.29, 0.717) is 56.5 Å². The molecule has 0 atom stereocenters. The van der Waals surface area contributed by atoms with E-state index in [1.807, 2.05) is 46.8 Å². The number of pyridine rings is 1. The third-order valence-corrected chi connectivity index (χ3v) is 5.00. The van der Waals surface area contributed by atoms with Crippen molar-refractivity contribution in [3.05, 3.63) is 57.9 Å². The van der Waals surface area contributed by atoms with E-state index in [1.54, 1.807) is 0 Å². The van der Waals surface area contributed by atoms with Crippen molar-refractivity contribution in [1.82, 2.24) is 24.7 Å². The Morgan fingerprint density at radius 3 is 2.86 bits per heavy atom. The highest BCUT2D eigenvalue weighted by atomic mass is 16.5. The molecule has 4 rings (SSSR count). The van der Waals surface area contributed by atoms with Crippen LogP contribution in [0.4, 0.5) is 5.95 Å². The molecule has 0 radical (unpaired) electrons. The van der Waals surface area contributed by atoms with Gasteiger partial charge in [-0.15, -0.1) is 0 Å². The van der Waals surface area contributed by atoms with Gasteiger partial charge in [0.2, 0.25) is 11.9 Å². The predicted octanol–water partition coefficient (Wildman–Crippen LogP) is 0.812. The van der Waals surface area contributed by atoms with Gasteiger partial charge in [0, 0.05) is 43.2 Å². The molecule has 0 spiro atoms. The number of H-pyrrole nitrogens is 1. The molecule has 1 aliphatic rings. The summed E-state index contributed by atoms with van der Waals surface area (Å²) in [7, 11) is 0. The summed E-state index contributed by atoms with van der Waals surface area (Å²) in [6.45, 7) is 4.81. The lowest BCUT2D eigenvalue weighted by Gasteiger charge is -2.27. The molecule has 0 aliphatic carbocycles. The first kappa shape index (κ1) is 19.1. The monoisotopic (exact) mass is 396 g/mol. The minimum Gasteiger partial charge on any atom is -0.378 e. The van der Waals surface area contributed by atoms with Crippen molar-refractivity contribution in [1.29, 1.82) is 0 Å². The Balaban J connectivity index is 1.34. The lowest BCUT2D eigenvalue weighted by atomic mass is 10.1. The molecule has 152 valence electrons. The number of nitrogens with zero attached hydrogens (tertiary/aromatic N) is 4. The first-order valence-corrected chi connectivity index (χ1v) is 9.72. The van der Waals surface area contributed by atoms with E-state index in [1.165, 1.54) is 0 Å². The largest absolute Gasteiger partial charge is 0.378 e. The second kappa shape index (κ2) is 8.44. The summed E-state index contributed by atoms with van der Waals surface area (Å²) in [5.74, 6) is 0.439. The third kappa shape index (κ3) is 4.45. The zero-order valence-electron chi connectivity index (χ0n) is 16.4. The second-order valence-corrected chi connectivity index (χ2v) is 7.03. The third-order valence-electron chi connectivity index (χ3n) is 5.00. The number of aromatic amines is 1. The normalized spacial score (nSPS) is 14.3. The average molecular weight is 396 g/mol.